The van der Waals surface area contributed by atoms with Gasteiger partial charge in [-0.15, -0.1) is 0 Å². The third-order valence-corrected chi connectivity index (χ3v) is 6.54. The van der Waals surface area contributed by atoms with Crippen LogP contribution in [0.5, 0.6) is 5.75 Å². The second-order valence-corrected chi connectivity index (χ2v) is 8.98. The molecule has 2 aromatic carbocycles. The van der Waals surface area contributed by atoms with E-state index in [1.54, 1.807) is 43.3 Å². The van der Waals surface area contributed by atoms with Crippen LogP contribution >= 0.6 is 23.4 Å². The summed E-state index contributed by atoms with van der Waals surface area (Å²) in [6.07, 6.45) is 0. The molecule has 0 saturated carbocycles. The zero-order chi connectivity index (χ0) is 18.6. The van der Waals surface area contributed by atoms with E-state index in [1.165, 1.54) is 11.8 Å². The van der Waals surface area contributed by atoms with Crippen molar-refractivity contribution in [1.82, 2.24) is 0 Å². The van der Waals surface area contributed by atoms with Crippen molar-refractivity contribution in [3.8, 4) is 5.75 Å². The molecular formula is C17H16ClNaO5S2. The average Bonchev–Trinajstić information content (AvgIpc) is 2.55. The van der Waals surface area contributed by atoms with Crippen LogP contribution in [0.2, 0.25) is 5.02 Å². The predicted octanol–water partition coefficient (Wildman–Crippen LogP) is -0.274. The summed E-state index contributed by atoms with van der Waals surface area (Å²) < 4.78 is 29.2. The first kappa shape index (κ1) is 23.3. The normalized spacial score (nSPS) is 10.9. The summed E-state index contributed by atoms with van der Waals surface area (Å²) in [4.78, 5) is 12.3. The molecule has 0 amide bonds. The van der Waals surface area contributed by atoms with E-state index in [0.29, 0.717) is 15.7 Å². The summed E-state index contributed by atoms with van der Waals surface area (Å²) in [5, 5.41) is 11.1. The molecule has 0 fully saturated rings. The maximum absolute atomic E-state index is 12.0. The van der Waals surface area contributed by atoms with Crippen LogP contribution in [0.15, 0.2) is 51.1 Å². The number of halogens is 1. The fourth-order valence-electron chi connectivity index (χ4n) is 2.03. The number of aryl methyl sites for hydroxylation is 1. The Morgan fingerprint density at radius 3 is 2.46 bits per heavy atom. The van der Waals surface area contributed by atoms with Gasteiger partial charge in [0.25, 0.3) is 0 Å². The number of hydrogen-bond acceptors (Lipinski definition) is 6. The van der Waals surface area contributed by atoms with Gasteiger partial charge in [-0.3, -0.25) is 0 Å². The first-order chi connectivity index (χ1) is 11.7. The Morgan fingerprint density at radius 1 is 1.19 bits per heavy atom. The standard InChI is InChI=1S/C17H17ClO5S2.Na/c1-3-25(21,22)13-5-7-15(11(2)8-13)24-16-9-12(18)4-6-14(16)23-10-17(19)20;/h4-9H,3,10H2,1-2H3,(H,19,20);/q;+1/p-1. The van der Waals surface area contributed by atoms with E-state index in [0.717, 1.165) is 10.5 Å². The van der Waals surface area contributed by atoms with Crippen molar-refractivity contribution in [3.05, 3.63) is 47.0 Å². The van der Waals surface area contributed by atoms with Gasteiger partial charge in [-0.05, 0) is 48.9 Å². The summed E-state index contributed by atoms with van der Waals surface area (Å²) >= 11 is 7.33. The third-order valence-electron chi connectivity index (χ3n) is 3.36. The van der Waals surface area contributed by atoms with Gasteiger partial charge in [0.1, 0.15) is 12.4 Å². The summed E-state index contributed by atoms with van der Waals surface area (Å²) in [5.74, 6) is -0.923. The molecule has 0 saturated heterocycles. The molecule has 0 aliphatic carbocycles. The molecule has 0 N–H and O–H groups in total. The van der Waals surface area contributed by atoms with Crippen molar-refractivity contribution in [2.24, 2.45) is 0 Å². The molecule has 2 aromatic rings. The molecule has 0 atom stereocenters. The first-order valence-electron chi connectivity index (χ1n) is 7.36. The van der Waals surface area contributed by atoms with E-state index in [1.807, 2.05) is 6.92 Å². The Balaban J connectivity index is 0.00000338. The largest absolute Gasteiger partial charge is 1.00 e. The van der Waals surface area contributed by atoms with Gasteiger partial charge in [0, 0.05) is 9.92 Å². The molecule has 9 heteroatoms. The summed E-state index contributed by atoms with van der Waals surface area (Å²) in [5.41, 5.74) is 0.783. The van der Waals surface area contributed by atoms with Crippen molar-refractivity contribution in [3.63, 3.8) is 0 Å². The Hall–Kier alpha value is -0.700. The molecular weight excluding hydrogens is 407 g/mol. The molecule has 26 heavy (non-hydrogen) atoms. The molecule has 5 nitrogen and oxygen atoms in total. The van der Waals surface area contributed by atoms with Gasteiger partial charge in [-0.25, -0.2) is 8.42 Å². The number of ether oxygens (including phenoxy) is 1. The third kappa shape index (κ3) is 6.18. The van der Waals surface area contributed by atoms with E-state index in [2.05, 4.69) is 0 Å². The molecule has 134 valence electrons. The van der Waals surface area contributed by atoms with Crippen LogP contribution in [0, 0.1) is 6.92 Å². The first-order valence-corrected chi connectivity index (χ1v) is 10.2. The molecule has 0 aromatic heterocycles. The maximum Gasteiger partial charge on any atom is 1.00 e. The Labute approximate surface area is 184 Å². The van der Waals surface area contributed by atoms with Crippen LogP contribution in [0.25, 0.3) is 0 Å². The van der Waals surface area contributed by atoms with Gasteiger partial charge in [0.05, 0.1) is 21.5 Å². The number of carboxylic acids is 1. The number of hydrogen-bond donors (Lipinski definition) is 0. The molecule has 0 radical (unpaired) electrons. The Morgan fingerprint density at radius 2 is 1.88 bits per heavy atom. The molecule has 0 spiro atoms. The summed E-state index contributed by atoms with van der Waals surface area (Å²) in [6.45, 7) is 2.84. The van der Waals surface area contributed by atoms with Gasteiger partial charge < -0.3 is 14.6 Å². The van der Waals surface area contributed by atoms with E-state index in [-0.39, 0.29) is 40.2 Å². The van der Waals surface area contributed by atoms with E-state index >= 15 is 0 Å². The van der Waals surface area contributed by atoms with Crippen LogP contribution < -0.4 is 39.4 Å². The van der Waals surface area contributed by atoms with Crippen LogP contribution in [-0.2, 0) is 14.6 Å². The average molecular weight is 423 g/mol. The molecule has 0 bridgehead atoms. The number of carbonyl (C=O) groups excluding carboxylic acids is 1. The van der Waals surface area contributed by atoms with Crippen LogP contribution in [0.3, 0.4) is 0 Å². The minimum atomic E-state index is -3.27. The molecule has 0 unspecified atom stereocenters. The minimum absolute atomic E-state index is 0. The summed E-state index contributed by atoms with van der Waals surface area (Å²) in [7, 11) is -3.27. The Bertz CT molecular complexity index is 900. The van der Waals surface area contributed by atoms with Crippen molar-refractivity contribution >= 4 is 39.2 Å². The topological polar surface area (TPSA) is 83.5 Å². The monoisotopic (exact) mass is 422 g/mol. The fraction of sp³-hybridized carbons (Fsp3) is 0.235. The van der Waals surface area contributed by atoms with Gasteiger partial charge in [0.15, 0.2) is 9.84 Å². The zero-order valence-corrected chi connectivity index (χ0v) is 19.0. The SMILES string of the molecule is CCS(=O)(=O)c1ccc(Sc2cc(Cl)ccc2OCC(=O)[O-])c(C)c1.[Na+]. The van der Waals surface area contributed by atoms with Crippen LogP contribution in [0.4, 0.5) is 0 Å². The predicted molar refractivity (Wildman–Crippen MR) is 95.0 cm³/mol. The summed E-state index contributed by atoms with van der Waals surface area (Å²) in [6, 6.07) is 9.73. The number of rotatable bonds is 7. The van der Waals surface area contributed by atoms with Crippen LogP contribution in [-0.4, -0.2) is 26.7 Å². The second kappa shape index (κ2) is 10.0. The van der Waals surface area contributed by atoms with Crippen molar-refractivity contribution in [1.29, 1.82) is 0 Å². The second-order valence-electron chi connectivity index (χ2n) is 5.18. The van der Waals surface area contributed by atoms with E-state index in [9.17, 15) is 18.3 Å². The van der Waals surface area contributed by atoms with Crippen molar-refractivity contribution in [2.45, 2.75) is 28.5 Å². The maximum atomic E-state index is 12.0. The molecule has 2 rings (SSSR count). The minimum Gasteiger partial charge on any atom is -0.546 e. The number of sulfone groups is 1. The fourth-order valence-corrected chi connectivity index (χ4v) is 4.24. The molecule has 0 heterocycles. The number of aliphatic carboxylic acids is 1. The number of carbonyl (C=O) groups is 1. The van der Waals surface area contributed by atoms with Crippen LogP contribution in [0.1, 0.15) is 12.5 Å². The Kier molecular flexibility index (Phi) is 8.99. The van der Waals surface area contributed by atoms with Gasteiger partial charge in [-0.1, -0.05) is 30.3 Å². The number of carboxylic acid groups (broad SMARTS) is 1. The van der Waals surface area contributed by atoms with E-state index < -0.39 is 22.4 Å². The quantitative estimate of drug-likeness (QED) is 0.571. The number of benzene rings is 2. The van der Waals surface area contributed by atoms with Gasteiger partial charge >= 0.3 is 29.6 Å². The molecule has 0 aliphatic heterocycles. The van der Waals surface area contributed by atoms with E-state index in [4.69, 9.17) is 16.3 Å². The van der Waals surface area contributed by atoms with Crippen molar-refractivity contribution < 1.29 is 52.6 Å². The van der Waals surface area contributed by atoms with Gasteiger partial charge in [0.2, 0.25) is 0 Å². The molecule has 0 aliphatic rings. The smallest absolute Gasteiger partial charge is 0.546 e. The van der Waals surface area contributed by atoms with Crippen molar-refractivity contribution in [2.75, 3.05) is 12.4 Å². The zero-order valence-electron chi connectivity index (χ0n) is 14.6. The van der Waals surface area contributed by atoms with Gasteiger partial charge in [-0.2, -0.15) is 0 Å².